The quantitative estimate of drug-likeness (QED) is 0.670. The van der Waals surface area contributed by atoms with E-state index in [1.54, 1.807) is 27.4 Å². The van der Waals surface area contributed by atoms with Crippen molar-refractivity contribution in [2.24, 2.45) is 0 Å². The van der Waals surface area contributed by atoms with Crippen LogP contribution in [0.25, 0.3) is 10.9 Å². The van der Waals surface area contributed by atoms with Gasteiger partial charge in [0.2, 0.25) is 15.9 Å². The molecule has 28 heavy (non-hydrogen) atoms. The molecule has 0 radical (unpaired) electrons. The van der Waals surface area contributed by atoms with Crippen molar-refractivity contribution in [1.29, 1.82) is 0 Å². The summed E-state index contributed by atoms with van der Waals surface area (Å²) in [6.45, 7) is 3.61. The molecule has 0 saturated carbocycles. The highest BCUT2D eigenvalue weighted by atomic mass is 32.2. The predicted octanol–water partition coefficient (Wildman–Crippen LogP) is 2.75. The minimum Gasteiger partial charge on any atom is -0.342 e. The Morgan fingerprint density at radius 3 is 2.64 bits per heavy atom. The van der Waals surface area contributed by atoms with Crippen molar-refractivity contribution in [1.82, 2.24) is 8.87 Å². The number of carbonyl (C=O) groups is 1. The van der Waals surface area contributed by atoms with E-state index in [0.717, 1.165) is 27.8 Å². The number of sulfonamides is 1. The van der Waals surface area contributed by atoms with Gasteiger partial charge in [-0.05, 0) is 47.7 Å². The van der Waals surface area contributed by atoms with E-state index >= 15 is 0 Å². The molecule has 144 valence electrons. The maximum atomic E-state index is 13.3. The highest BCUT2D eigenvalue weighted by Gasteiger charge is 2.31. The van der Waals surface area contributed by atoms with Gasteiger partial charge in [-0.15, -0.1) is 0 Å². The summed E-state index contributed by atoms with van der Waals surface area (Å²) in [4.78, 5) is 13.7. The molecule has 0 N–H and O–H groups in total. The SMILES string of the molecule is CC(=O)N1CCc2cc(S(=O)(=O)N3CCn4c(cc5ccccc54)C3)ccc21. The lowest BCUT2D eigenvalue weighted by molar-refractivity contribution is -0.116. The average Bonchev–Trinajstić information content (AvgIpc) is 3.28. The van der Waals surface area contributed by atoms with E-state index in [1.165, 1.54) is 6.92 Å². The second kappa shape index (κ2) is 6.18. The minimum atomic E-state index is -3.58. The molecule has 3 heterocycles. The number of carbonyl (C=O) groups excluding carboxylic acids is 1. The van der Waals surface area contributed by atoms with Crippen LogP contribution in [0.2, 0.25) is 0 Å². The number of hydrogen-bond donors (Lipinski definition) is 0. The molecule has 2 aromatic carbocycles. The Hall–Kier alpha value is -2.64. The van der Waals surface area contributed by atoms with Gasteiger partial charge < -0.3 is 9.47 Å². The first-order valence-electron chi connectivity index (χ1n) is 9.43. The van der Waals surface area contributed by atoms with Gasteiger partial charge in [0.1, 0.15) is 0 Å². The lowest BCUT2D eigenvalue weighted by Crippen LogP contribution is -2.38. The van der Waals surface area contributed by atoms with Crippen LogP contribution < -0.4 is 4.90 Å². The monoisotopic (exact) mass is 395 g/mol. The van der Waals surface area contributed by atoms with Crippen LogP contribution in [-0.4, -0.2) is 36.3 Å². The standard InChI is InChI=1S/C21H21N3O3S/c1-15(25)23-9-8-17-13-19(6-7-21(17)23)28(26,27)22-10-11-24-18(14-22)12-16-4-2-3-5-20(16)24/h2-7,12-13H,8-11,14H2,1H3. The summed E-state index contributed by atoms with van der Waals surface area (Å²) < 4.78 is 30.3. The van der Waals surface area contributed by atoms with E-state index in [1.807, 2.05) is 12.1 Å². The molecule has 7 heteroatoms. The molecule has 0 bridgehead atoms. The Labute approximate surface area is 164 Å². The molecule has 0 fully saturated rings. The molecule has 0 unspecified atom stereocenters. The van der Waals surface area contributed by atoms with Crippen molar-refractivity contribution in [3.63, 3.8) is 0 Å². The summed E-state index contributed by atoms with van der Waals surface area (Å²) in [5, 5.41) is 1.14. The molecular formula is C21H21N3O3S. The summed E-state index contributed by atoms with van der Waals surface area (Å²) in [5.41, 5.74) is 3.91. The molecule has 1 aromatic heterocycles. The van der Waals surface area contributed by atoms with E-state index in [9.17, 15) is 13.2 Å². The van der Waals surface area contributed by atoms with Crippen molar-refractivity contribution in [2.45, 2.75) is 31.3 Å². The molecule has 6 nitrogen and oxygen atoms in total. The van der Waals surface area contributed by atoms with Crippen LogP contribution in [0.3, 0.4) is 0 Å². The van der Waals surface area contributed by atoms with Crippen molar-refractivity contribution >= 4 is 32.5 Å². The van der Waals surface area contributed by atoms with Gasteiger partial charge in [0.25, 0.3) is 0 Å². The maximum Gasteiger partial charge on any atom is 0.243 e. The van der Waals surface area contributed by atoms with Gasteiger partial charge in [-0.2, -0.15) is 4.31 Å². The number of anilines is 1. The summed E-state index contributed by atoms with van der Waals surface area (Å²) in [5.74, 6) is -0.0155. The van der Waals surface area contributed by atoms with Crippen molar-refractivity contribution in [2.75, 3.05) is 18.0 Å². The van der Waals surface area contributed by atoms with Crippen molar-refractivity contribution in [3.05, 3.63) is 59.8 Å². The van der Waals surface area contributed by atoms with Gasteiger partial charge in [-0.25, -0.2) is 8.42 Å². The fraction of sp³-hybridized carbons (Fsp3) is 0.286. The van der Waals surface area contributed by atoms with Crippen LogP contribution >= 0.6 is 0 Å². The molecular weight excluding hydrogens is 374 g/mol. The van der Waals surface area contributed by atoms with Crippen molar-refractivity contribution < 1.29 is 13.2 Å². The lowest BCUT2D eigenvalue weighted by Gasteiger charge is -2.28. The third-order valence-electron chi connectivity index (χ3n) is 5.77. The molecule has 0 atom stereocenters. The van der Waals surface area contributed by atoms with E-state index < -0.39 is 10.0 Å². The fourth-order valence-electron chi connectivity index (χ4n) is 4.35. The first-order valence-corrected chi connectivity index (χ1v) is 10.9. The lowest BCUT2D eigenvalue weighted by atomic mass is 10.2. The van der Waals surface area contributed by atoms with E-state index in [-0.39, 0.29) is 5.91 Å². The number of rotatable bonds is 2. The number of amides is 1. The normalized spacial score (nSPS) is 17.0. The summed E-state index contributed by atoms with van der Waals surface area (Å²) in [6, 6.07) is 15.3. The van der Waals surface area contributed by atoms with E-state index in [2.05, 4.69) is 22.8 Å². The Morgan fingerprint density at radius 1 is 1.00 bits per heavy atom. The second-order valence-electron chi connectivity index (χ2n) is 7.40. The molecule has 0 spiro atoms. The van der Waals surface area contributed by atoms with Gasteiger partial charge in [0.05, 0.1) is 11.4 Å². The highest BCUT2D eigenvalue weighted by molar-refractivity contribution is 7.89. The zero-order chi connectivity index (χ0) is 19.5. The first-order chi connectivity index (χ1) is 13.4. The number of hydrogen-bond acceptors (Lipinski definition) is 3. The number of nitrogens with zero attached hydrogens (tertiary/aromatic N) is 3. The van der Waals surface area contributed by atoms with E-state index in [4.69, 9.17) is 0 Å². The van der Waals surface area contributed by atoms with Crippen LogP contribution in [0, 0.1) is 0 Å². The minimum absolute atomic E-state index is 0.0155. The maximum absolute atomic E-state index is 13.3. The number of benzene rings is 2. The molecule has 1 amide bonds. The second-order valence-corrected chi connectivity index (χ2v) is 9.33. The summed E-state index contributed by atoms with van der Waals surface area (Å²) in [6.07, 6.45) is 0.687. The topological polar surface area (TPSA) is 62.6 Å². The van der Waals surface area contributed by atoms with E-state index in [0.29, 0.717) is 37.5 Å². The Bertz CT molecular complexity index is 1210. The third kappa shape index (κ3) is 2.57. The zero-order valence-corrected chi connectivity index (χ0v) is 16.4. The Morgan fingerprint density at radius 2 is 1.82 bits per heavy atom. The highest BCUT2D eigenvalue weighted by Crippen LogP contribution is 2.32. The number of aromatic nitrogens is 1. The van der Waals surface area contributed by atoms with Crippen LogP contribution in [0.1, 0.15) is 18.2 Å². The Kier molecular flexibility index (Phi) is 3.86. The fourth-order valence-corrected chi connectivity index (χ4v) is 5.81. The average molecular weight is 395 g/mol. The van der Waals surface area contributed by atoms with Crippen molar-refractivity contribution in [3.8, 4) is 0 Å². The van der Waals surface area contributed by atoms with Gasteiger partial charge in [-0.1, -0.05) is 18.2 Å². The number of fused-ring (bicyclic) bond motifs is 4. The molecule has 2 aliphatic rings. The molecule has 3 aromatic rings. The van der Waals surface area contributed by atoms with Gasteiger partial charge in [0, 0.05) is 43.5 Å². The largest absolute Gasteiger partial charge is 0.342 e. The van der Waals surface area contributed by atoms with Crippen LogP contribution in [0.5, 0.6) is 0 Å². The van der Waals surface area contributed by atoms with Gasteiger partial charge in [0.15, 0.2) is 0 Å². The summed E-state index contributed by atoms with van der Waals surface area (Å²) >= 11 is 0. The van der Waals surface area contributed by atoms with Crippen LogP contribution in [0.4, 0.5) is 5.69 Å². The third-order valence-corrected chi connectivity index (χ3v) is 7.61. The molecule has 2 aliphatic heterocycles. The number of para-hydroxylation sites is 1. The predicted molar refractivity (Wildman–Crippen MR) is 108 cm³/mol. The first kappa shape index (κ1) is 17.5. The van der Waals surface area contributed by atoms with Crippen LogP contribution in [0.15, 0.2) is 53.4 Å². The molecule has 0 aliphatic carbocycles. The van der Waals surface area contributed by atoms with Crippen LogP contribution in [-0.2, 0) is 34.3 Å². The van der Waals surface area contributed by atoms with Gasteiger partial charge >= 0.3 is 0 Å². The summed E-state index contributed by atoms with van der Waals surface area (Å²) in [7, 11) is -3.58. The Balaban J connectivity index is 1.47. The van der Waals surface area contributed by atoms with Gasteiger partial charge in [-0.3, -0.25) is 4.79 Å². The smallest absolute Gasteiger partial charge is 0.243 e. The molecule has 5 rings (SSSR count). The zero-order valence-electron chi connectivity index (χ0n) is 15.6. The molecule has 0 saturated heterocycles.